The molecule has 2 aliphatic heterocycles. The number of hydrogen-bond acceptors (Lipinski definition) is 4. The normalized spacial score (nSPS) is 29.6. The van der Waals surface area contributed by atoms with Gasteiger partial charge in [0.2, 0.25) is 5.91 Å². The van der Waals surface area contributed by atoms with Gasteiger partial charge in [-0.05, 0) is 39.8 Å². The fraction of sp³-hybridized carbons (Fsp3) is 0.933. The Morgan fingerprint density at radius 2 is 1.80 bits per heavy atom. The van der Waals surface area contributed by atoms with E-state index >= 15 is 0 Å². The Balaban J connectivity index is 1.90. The van der Waals surface area contributed by atoms with E-state index in [9.17, 15) is 4.79 Å². The van der Waals surface area contributed by atoms with Gasteiger partial charge in [-0.1, -0.05) is 0 Å². The van der Waals surface area contributed by atoms with Crippen LogP contribution in [0.5, 0.6) is 0 Å². The summed E-state index contributed by atoms with van der Waals surface area (Å²) in [5.41, 5.74) is 0. The molecule has 2 rings (SSSR count). The summed E-state index contributed by atoms with van der Waals surface area (Å²) in [6.07, 6.45) is 1.98. The smallest absolute Gasteiger partial charge is 0.225 e. The quantitative estimate of drug-likeness (QED) is 0.818. The van der Waals surface area contributed by atoms with Crippen LogP contribution in [0.3, 0.4) is 0 Å². The number of nitrogens with one attached hydrogen (secondary N) is 1. The third-order valence-corrected chi connectivity index (χ3v) is 4.66. The molecular formula is C15H29N3O2. The second-order valence-corrected chi connectivity index (χ2v) is 6.20. The van der Waals surface area contributed by atoms with Crippen LogP contribution in [0.25, 0.3) is 0 Å². The van der Waals surface area contributed by atoms with Crippen molar-refractivity contribution in [2.24, 2.45) is 5.92 Å². The summed E-state index contributed by atoms with van der Waals surface area (Å²) in [5.74, 6) is 0.609. The van der Waals surface area contributed by atoms with E-state index in [2.05, 4.69) is 29.0 Å². The monoisotopic (exact) mass is 283 g/mol. The minimum absolute atomic E-state index is 0.237. The standard InChI is InChI=1S/C15H29N3O2/c1-12-10-17(11-13(2)18(12)8-9-20-3)15(19)14-4-6-16-7-5-14/h12-14,16H,4-11H2,1-3H3/t12-,13+. The van der Waals surface area contributed by atoms with Crippen LogP contribution in [0.15, 0.2) is 0 Å². The van der Waals surface area contributed by atoms with E-state index < -0.39 is 0 Å². The second kappa shape index (κ2) is 7.38. The summed E-state index contributed by atoms with van der Waals surface area (Å²) < 4.78 is 5.18. The Kier molecular flexibility index (Phi) is 5.81. The molecule has 0 spiro atoms. The van der Waals surface area contributed by atoms with Crippen molar-refractivity contribution in [1.82, 2.24) is 15.1 Å². The number of carbonyl (C=O) groups is 1. The second-order valence-electron chi connectivity index (χ2n) is 6.20. The van der Waals surface area contributed by atoms with Gasteiger partial charge in [-0.2, -0.15) is 0 Å². The number of piperazine rings is 1. The number of rotatable bonds is 4. The molecule has 2 fully saturated rings. The van der Waals surface area contributed by atoms with Gasteiger partial charge in [0.05, 0.1) is 6.61 Å². The largest absolute Gasteiger partial charge is 0.383 e. The number of hydrogen-bond donors (Lipinski definition) is 1. The summed E-state index contributed by atoms with van der Waals surface area (Å²) in [4.78, 5) is 17.2. The molecule has 1 N–H and O–H groups in total. The Hall–Kier alpha value is -0.650. The molecule has 2 atom stereocenters. The number of piperidine rings is 1. The lowest BCUT2D eigenvalue weighted by Gasteiger charge is -2.45. The van der Waals surface area contributed by atoms with E-state index in [0.717, 1.165) is 52.2 Å². The lowest BCUT2D eigenvalue weighted by molar-refractivity contribution is -0.141. The van der Waals surface area contributed by atoms with Crippen molar-refractivity contribution in [3.8, 4) is 0 Å². The van der Waals surface area contributed by atoms with Crippen molar-refractivity contribution in [2.45, 2.75) is 38.8 Å². The summed E-state index contributed by atoms with van der Waals surface area (Å²) in [6, 6.07) is 0.833. The minimum Gasteiger partial charge on any atom is -0.383 e. The topological polar surface area (TPSA) is 44.8 Å². The van der Waals surface area contributed by atoms with Crippen LogP contribution in [0.4, 0.5) is 0 Å². The van der Waals surface area contributed by atoms with Crippen LogP contribution in [-0.4, -0.2) is 74.2 Å². The fourth-order valence-corrected chi connectivity index (χ4v) is 3.50. The summed E-state index contributed by atoms with van der Waals surface area (Å²) in [5, 5.41) is 3.33. The highest BCUT2D eigenvalue weighted by molar-refractivity contribution is 5.79. The first-order chi connectivity index (χ1) is 9.63. The molecule has 20 heavy (non-hydrogen) atoms. The molecule has 0 bridgehead atoms. The Morgan fingerprint density at radius 3 is 2.35 bits per heavy atom. The van der Waals surface area contributed by atoms with E-state index in [-0.39, 0.29) is 5.92 Å². The van der Waals surface area contributed by atoms with Crippen LogP contribution in [-0.2, 0) is 9.53 Å². The predicted octanol–water partition coefficient (Wildman–Crippen LogP) is 0.554. The third-order valence-electron chi connectivity index (χ3n) is 4.66. The van der Waals surface area contributed by atoms with E-state index in [1.165, 1.54) is 0 Å². The van der Waals surface area contributed by atoms with Gasteiger partial charge in [-0.15, -0.1) is 0 Å². The van der Waals surface area contributed by atoms with Gasteiger partial charge < -0.3 is 15.0 Å². The Labute approximate surface area is 122 Å². The molecule has 2 saturated heterocycles. The minimum atomic E-state index is 0.237. The molecule has 0 aliphatic carbocycles. The first-order valence-corrected chi connectivity index (χ1v) is 7.87. The van der Waals surface area contributed by atoms with Gasteiger partial charge in [0.25, 0.3) is 0 Å². The van der Waals surface area contributed by atoms with E-state index in [4.69, 9.17) is 4.74 Å². The first-order valence-electron chi connectivity index (χ1n) is 7.87. The lowest BCUT2D eigenvalue weighted by Crippen LogP contribution is -2.59. The Morgan fingerprint density at radius 1 is 1.20 bits per heavy atom. The number of amides is 1. The van der Waals surface area contributed by atoms with Crippen LogP contribution in [0.2, 0.25) is 0 Å². The van der Waals surface area contributed by atoms with Gasteiger partial charge in [0.15, 0.2) is 0 Å². The van der Waals surface area contributed by atoms with Crippen LogP contribution in [0, 0.1) is 5.92 Å². The molecule has 5 heteroatoms. The Bertz CT molecular complexity index is 306. The van der Waals surface area contributed by atoms with Crippen molar-refractivity contribution in [3.63, 3.8) is 0 Å². The predicted molar refractivity (Wildman–Crippen MR) is 79.7 cm³/mol. The maximum Gasteiger partial charge on any atom is 0.225 e. The third kappa shape index (κ3) is 3.71. The molecule has 0 unspecified atom stereocenters. The van der Waals surface area contributed by atoms with Gasteiger partial charge >= 0.3 is 0 Å². The number of carbonyl (C=O) groups excluding carboxylic acids is 1. The van der Waals surface area contributed by atoms with Crippen molar-refractivity contribution in [1.29, 1.82) is 0 Å². The van der Waals surface area contributed by atoms with Crippen molar-refractivity contribution < 1.29 is 9.53 Å². The van der Waals surface area contributed by atoms with Crippen LogP contribution < -0.4 is 5.32 Å². The van der Waals surface area contributed by atoms with Crippen molar-refractivity contribution in [2.75, 3.05) is 46.4 Å². The lowest BCUT2D eigenvalue weighted by atomic mass is 9.95. The average molecular weight is 283 g/mol. The molecule has 0 radical (unpaired) electrons. The summed E-state index contributed by atoms with van der Waals surface area (Å²) in [6.45, 7) is 9.82. The van der Waals surface area contributed by atoms with Crippen molar-refractivity contribution in [3.05, 3.63) is 0 Å². The zero-order valence-electron chi connectivity index (χ0n) is 13.1. The molecule has 2 heterocycles. The molecule has 2 aliphatic rings. The number of methoxy groups -OCH3 is 1. The molecule has 116 valence electrons. The highest BCUT2D eigenvalue weighted by atomic mass is 16.5. The van der Waals surface area contributed by atoms with Gasteiger partial charge in [0, 0.05) is 44.7 Å². The maximum absolute atomic E-state index is 12.6. The molecular weight excluding hydrogens is 254 g/mol. The highest BCUT2D eigenvalue weighted by Gasteiger charge is 2.34. The van der Waals surface area contributed by atoms with E-state index in [0.29, 0.717) is 18.0 Å². The fourth-order valence-electron chi connectivity index (χ4n) is 3.50. The molecule has 0 saturated carbocycles. The van der Waals surface area contributed by atoms with Crippen LogP contribution >= 0.6 is 0 Å². The molecule has 0 aromatic heterocycles. The first kappa shape index (κ1) is 15.7. The highest BCUT2D eigenvalue weighted by Crippen LogP contribution is 2.21. The number of ether oxygens (including phenoxy) is 1. The zero-order valence-corrected chi connectivity index (χ0v) is 13.1. The zero-order chi connectivity index (χ0) is 14.5. The average Bonchev–Trinajstić information content (AvgIpc) is 2.46. The maximum atomic E-state index is 12.6. The van der Waals surface area contributed by atoms with Gasteiger partial charge in [-0.3, -0.25) is 9.69 Å². The molecule has 0 aromatic carbocycles. The SMILES string of the molecule is COCCN1[C@H](C)CN(C(=O)C2CCNCC2)C[C@@H]1C. The molecule has 5 nitrogen and oxygen atoms in total. The summed E-state index contributed by atoms with van der Waals surface area (Å²) in [7, 11) is 1.74. The van der Waals surface area contributed by atoms with Crippen LogP contribution in [0.1, 0.15) is 26.7 Å². The molecule has 0 aromatic rings. The van der Waals surface area contributed by atoms with E-state index in [1.54, 1.807) is 7.11 Å². The van der Waals surface area contributed by atoms with Gasteiger partial charge in [-0.25, -0.2) is 0 Å². The summed E-state index contributed by atoms with van der Waals surface area (Å²) >= 11 is 0. The number of nitrogens with zero attached hydrogens (tertiary/aromatic N) is 2. The van der Waals surface area contributed by atoms with E-state index in [1.807, 2.05) is 0 Å². The molecule has 1 amide bonds. The van der Waals surface area contributed by atoms with Crippen molar-refractivity contribution >= 4 is 5.91 Å². The van der Waals surface area contributed by atoms with Gasteiger partial charge in [0.1, 0.15) is 0 Å².